The lowest BCUT2D eigenvalue weighted by Gasteiger charge is -2.06. The van der Waals surface area contributed by atoms with Crippen LogP contribution in [-0.2, 0) is 6.54 Å². The SMILES string of the molecule is Cc1c(-c2ccc(C(C)C)cc2)nc2ccc(CN)cn12. The minimum absolute atomic E-state index is 0.548. The van der Waals surface area contributed by atoms with Gasteiger partial charge in [-0.15, -0.1) is 0 Å². The van der Waals surface area contributed by atoms with Gasteiger partial charge in [0.2, 0.25) is 0 Å². The van der Waals surface area contributed by atoms with Gasteiger partial charge in [-0.2, -0.15) is 0 Å². The van der Waals surface area contributed by atoms with Gasteiger partial charge in [-0.05, 0) is 30.0 Å². The Bertz CT molecular complexity index is 767. The van der Waals surface area contributed by atoms with Crippen LogP contribution in [0, 0.1) is 6.92 Å². The first kappa shape index (κ1) is 13.8. The topological polar surface area (TPSA) is 43.3 Å². The molecule has 1 aromatic carbocycles. The molecule has 0 aliphatic rings. The van der Waals surface area contributed by atoms with Crippen molar-refractivity contribution in [3.8, 4) is 11.3 Å². The van der Waals surface area contributed by atoms with Crippen molar-refractivity contribution in [2.45, 2.75) is 33.2 Å². The van der Waals surface area contributed by atoms with Gasteiger partial charge in [0.15, 0.2) is 0 Å². The van der Waals surface area contributed by atoms with Crippen molar-refractivity contribution >= 4 is 5.65 Å². The summed E-state index contributed by atoms with van der Waals surface area (Å²) in [5.74, 6) is 0.549. The molecule has 3 nitrogen and oxygen atoms in total. The molecule has 0 spiro atoms. The zero-order valence-corrected chi connectivity index (χ0v) is 12.8. The van der Waals surface area contributed by atoms with Gasteiger partial charge < -0.3 is 10.1 Å². The molecule has 0 aliphatic carbocycles. The molecule has 2 heterocycles. The van der Waals surface area contributed by atoms with Crippen molar-refractivity contribution in [3.63, 3.8) is 0 Å². The number of rotatable bonds is 3. The third-order valence-electron chi connectivity index (χ3n) is 4.01. The maximum absolute atomic E-state index is 5.72. The molecular formula is C18H21N3. The number of hydrogen-bond donors (Lipinski definition) is 1. The minimum Gasteiger partial charge on any atom is -0.326 e. The van der Waals surface area contributed by atoms with Crippen LogP contribution in [0.4, 0.5) is 0 Å². The van der Waals surface area contributed by atoms with Gasteiger partial charge in [0.1, 0.15) is 5.65 Å². The minimum atomic E-state index is 0.548. The summed E-state index contributed by atoms with van der Waals surface area (Å²) in [6.07, 6.45) is 2.07. The highest BCUT2D eigenvalue weighted by Crippen LogP contribution is 2.26. The third kappa shape index (κ3) is 2.45. The van der Waals surface area contributed by atoms with Crippen LogP contribution in [0.3, 0.4) is 0 Å². The van der Waals surface area contributed by atoms with Crippen LogP contribution in [0.1, 0.15) is 36.6 Å². The molecule has 0 amide bonds. The van der Waals surface area contributed by atoms with Gasteiger partial charge in [0, 0.05) is 24.0 Å². The molecule has 3 aromatic rings. The first-order valence-electron chi connectivity index (χ1n) is 7.38. The van der Waals surface area contributed by atoms with E-state index in [1.54, 1.807) is 0 Å². The predicted molar refractivity (Wildman–Crippen MR) is 87.3 cm³/mol. The second-order valence-corrected chi connectivity index (χ2v) is 5.79. The number of imidazole rings is 1. The average molecular weight is 279 g/mol. The van der Waals surface area contributed by atoms with E-state index in [2.05, 4.69) is 55.6 Å². The molecule has 0 bridgehead atoms. The van der Waals surface area contributed by atoms with Gasteiger partial charge in [-0.3, -0.25) is 0 Å². The van der Waals surface area contributed by atoms with E-state index < -0.39 is 0 Å². The summed E-state index contributed by atoms with van der Waals surface area (Å²) >= 11 is 0. The molecular weight excluding hydrogens is 258 g/mol. The fraction of sp³-hybridized carbons (Fsp3) is 0.278. The van der Waals surface area contributed by atoms with E-state index in [0.29, 0.717) is 12.5 Å². The van der Waals surface area contributed by atoms with Crippen LogP contribution >= 0.6 is 0 Å². The zero-order chi connectivity index (χ0) is 15.0. The fourth-order valence-electron chi connectivity index (χ4n) is 2.63. The summed E-state index contributed by atoms with van der Waals surface area (Å²) in [6.45, 7) is 7.07. The fourth-order valence-corrected chi connectivity index (χ4v) is 2.63. The van der Waals surface area contributed by atoms with E-state index >= 15 is 0 Å². The van der Waals surface area contributed by atoms with E-state index in [1.807, 2.05) is 12.1 Å². The molecule has 0 radical (unpaired) electrons. The highest BCUT2D eigenvalue weighted by atomic mass is 15.0. The van der Waals surface area contributed by atoms with Crippen molar-refractivity contribution < 1.29 is 0 Å². The van der Waals surface area contributed by atoms with Crippen LogP contribution in [0.2, 0.25) is 0 Å². The van der Waals surface area contributed by atoms with Crippen molar-refractivity contribution in [1.82, 2.24) is 9.38 Å². The molecule has 2 aromatic heterocycles. The lowest BCUT2D eigenvalue weighted by Crippen LogP contribution is -1.98. The summed E-state index contributed by atoms with van der Waals surface area (Å²) in [4.78, 5) is 4.75. The van der Waals surface area contributed by atoms with Crippen LogP contribution in [0.25, 0.3) is 16.9 Å². The molecule has 0 saturated heterocycles. The molecule has 0 atom stereocenters. The number of benzene rings is 1. The first-order valence-corrected chi connectivity index (χ1v) is 7.38. The van der Waals surface area contributed by atoms with Crippen LogP contribution in [0.5, 0.6) is 0 Å². The number of pyridine rings is 1. The van der Waals surface area contributed by atoms with E-state index in [0.717, 1.165) is 28.2 Å². The second kappa shape index (κ2) is 5.34. The largest absolute Gasteiger partial charge is 0.326 e. The van der Waals surface area contributed by atoms with E-state index in [9.17, 15) is 0 Å². The number of aromatic nitrogens is 2. The highest BCUT2D eigenvalue weighted by Gasteiger charge is 2.11. The standard InChI is InChI=1S/C18H21N3/c1-12(2)15-5-7-16(8-6-15)18-13(3)21-11-14(10-19)4-9-17(21)20-18/h4-9,11-12H,10,19H2,1-3H3. The first-order chi connectivity index (χ1) is 10.1. The Kier molecular flexibility index (Phi) is 3.52. The molecule has 3 rings (SSSR count). The Hall–Kier alpha value is -2.13. The molecule has 108 valence electrons. The maximum Gasteiger partial charge on any atom is 0.137 e. The van der Waals surface area contributed by atoms with Gasteiger partial charge in [0.25, 0.3) is 0 Å². The molecule has 0 unspecified atom stereocenters. The maximum atomic E-state index is 5.72. The lowest BCUT2D eigenvalue weighted by atomic mass is 10.0. The smallest absolute Gasteiger partial charge is 0.137 e. The van der Waals surface area contributed by atoms with Crippen LogP contribution in [-0.4, -0.2) is 9.38 Å². The Morgan fingerprint density at radius 1 is 1.10 bits per heavy atom. The summed E-state index contributed by atoms with van der Waals surface area (Å²) in [7, 11) is 0. The van der Waals surface area contributed by atoms with Crippen molar-refractivity contribution in [3.05, 3.63) is 59.4 Å². The molecule has 0 fully saturated rings. The van der Waals surface area contributed by atoms with Gasteiger partial charge in [-0.1, -0.05) is 44.2 Å². The summed E-state index contributed by atoms with van der Waals surface area (Å²) in [5.41, 5.74) is 12.5. The highest BCUT2D eigenvalue weighted by molar-refractivity contribution is 5.66. The van der Waals surface area contributed by atoms with Crippen LogP contribution in [0.15, 0.2) is 42.6 Å². The summed E-state index contributed by atoms with van der Waals surface area (Å²) in [5, 5.41) is 0. The molecule has 2 N–H and O–H groups in total. The quantitative estimate of drug-likeness (QED) is 0.790. The average Bonchev–Trinajstić information content (AvgIpc) is 2.84. The number of hydrogen-bond acceptors (Lipinski definition) is 2. The predicted octanol–water partition coefficient (Wildman–Crippen LogP) is 3.89. The zero-order valence-electron chi connectivity index (χ0n) is 12.8. The van der Waals surface area contributed by atoms with Crippen molar-refractivity contribution in [2.24, 2.45) is 5.73 Å². The normalized spacial score (nSPS) is 11.5. The van der Waals surface area contributed by atoms with E-state index in [4.69, 9.17) is 10.7 Å². The van der Waals surface area contributed by atoms with Gasteiger partial charge >= 0.3 is 0 Å². The van der Waals surface area contributed by atoms with Crippen LogP contribution < -0.4 is 5.73 Å². The van der Waals surface area contributed by atoms with E-state index in [-0.39, 0.29) is 0 Å². The number of aryl methyl sites for hydroxylation is 1. The van der Waals surface area contributed by atoms with E-state index in [1.165, 1.54) is 5.56 Å². The number of nitrogens with zero attached hydrogens (tertiary/aromatic N) is 2. The molecule has 0 aliphatic heterocycles. The Morgan fingerprint density at radius 2 is 1.81 bits per heavy atom. The summed E-state index contributed by atoms with van der Waals surface area (Å²) < 4.78 is 2.12. The molecule has 0 saturated carbocycles. The third-order valence-corrected chi connectivity index (χ3v) is 4.01. The Labute approximate surface area is 125 Å². The number of nitrogens with two attached hydrogens (primary N) is 1. The number of fused-ring (bicyclic) bond motifs is 1. The molecule has 21 heavy (non-hydrogen) atoms. The Balaban J connectivity index is 2.09. The summed E-state index contributed by atoms with van der Waals surface area (Å²) in [6, 6.07) is 12.8. The lowest BCUT2D eigenvalue weighted by molar-refractivity contribution is 0.867. The van der Waals surface area contributed by atoms with Gasteiger partial charge in [-0.25, -0.2) is 4.98 Å². The Morgan fingerprint density at radius 3 is 2.43 bits per heavy atom. The van der Waals surface area contributed by atoms with Crippen molar-refractivity contribution in [2.75, 3.05) is 0 Å². The second-order valence-electron chi connectivity index (χ2n) is 5.79. The van der Waals surface area contributed by atoms with Crippen molar-refractivity contribution in [1.29, 1.82) is 0 Å². The monoisotopic (exact) mass is 279 g/mol. The molecule has 3 heteroatoms. The van der Waals surface area contributed by atoms with Gasteiger partial charge in [0.05, 0.1) is 5.69 Å².